The van der Waals surface area contributed by atoms with Crippen LogP contribution in [0.4, 0.5) is 0 Å². The van der Waals surface area contributed by atoms with Gasteiger partial charge in [0.05, 0.1) is 4.90 Å². The molecule has 0 spiro atoms. The summed E-state index contributed by atoms with van der Waals surface area (Å²) in [6.45, 7) is 1.56. The van der Waals surface area contributed by atoms with Crippen LogP contribution in [0.25, 0.3) is 0 Å². The van der Waals surface area contributed by atoms with Crippen LogP contribution in [0, 0.1) is 5.92 Å². The van der Waals surface area contributed by atoms with Gasteiger partial charge in [0, 0.05) is 16.9 Å². The highest BCUT2D eigenvalue weighted by Crippen LogP contribution is 2.29. The SMILES string of the molecule is C[C@@H](OS(=O)(=O)c1ccc(Br)cc1)c1nnc(CC2CC(N)C2)o1. The van der Waals surface area contributed by atoms with Crippen molar-refractivity contribution in [1.29, 1.82) is 0 Å². The molecule has 2 N–H and O–H groups in total. The van der Waals surface area contributed by atoms with Crippen molar-refractivity contribution < 1.29 is 17.0 Å². The molecule has 0 bridgehead atoms. The van der Waals surface area contributed by atoms with Gasteiger partial charge in [0.15, 0.2) is 6.10 Å². The third-order valence-electron chi connectivity index (χ3n) is 3.94. The number of aromatic nitrogens is 2. The normalized spacial score (nSPS) is 22.1. The molecule has 1 heterocycles. The van der Waals surface area contributed by atoms with Crippen LogP contribution in [0.1, 0.15) is 37.7 Å². The average molecular weight is 416 g/mol. The fourth-order valence-corrected chi connectivity index (χ4v) is 3.91. The number of hydrogen-bond acceptors (Lipinski definition) is 7. The topological polar surface area (TPSA) is 108 Å². The Morgan fingerprint density at radius 1 is 1.33 bits per heavy atom. The summed E-state index contributed by atoms with van der Waals surface area (Å²) < 4.78 is 36.0. The smallest absolute Gasteiger partial charge is 0.297 e. The second kappa shape index (κ2) is 6.91. The minimum Gasteiger partial charge on any atom is -0.422 e. The summed E-state index contributed by atoms with van der Waals surface area (Å²) in [6.07, 6.45) is 1.69. The van der Waals surface area contributed by atoms with Crippen molar-refractivity contribution in [1.82, 2.24) is 10.2 Å². The van der Waals surface area contributed by atoms with Crippen molar-refractivity contribution in [2.45, 2.75) is 43.2 Å². The van der Waals surface area contributed by atoms with E-state index in [1.54, 1.807) is 19.1 Å². The third kappa shape index (κ3) is 4.02. The van der Waals surface area contributed by atoms with Crippen LogP contribution in [0.15, 0.2) is 38.1 Å². The third-order valence-corrected chi connectivity index (χ3v) is 5.86. The molecular formula is C15H18BrN3O4S. The van der Waals surface area contributed by atoms with Gasteiger partial charge in [-0.3, -0.25) is 4.18 Å². The lowest BCUT2D eigenvalue weighted by Crippen LogP contribution is -2.37. The minimum absolute atomic E-state index is 0.0701. The molecule has 7 nitrogen and oxygen atoms in total. The summed E-state index contributed by atoms with van der Waals surface area (Å²) >= 11 is 3.26. The monoisotopic (exact) mass is 415 g/mol. The predicted octanol–water partition coefficient (Wildman–Crippen LogP) is 2.58. The van der Waals surface area contributed by atoms with Crippen LogP contribution in [-0.2, 0) is 20.7 Å². The van der Waals surface area contributed by atoms with Gasteiger partial charge in [-0.2, -0.15) is 8.42 Å². The number of rotatable bonds is 6. The lowest BCUT2D eigenvalue weighted by atomic mass is 9.79. The largest absolute Gasteiger partial charge is 0.422 e. The van der Waals surface area contributed by atoms with Crippen LogP contribution in [0.2, 0.25) is 0 Å². The number of benzene rings is 1. The molecule has 0 radical (unpaired) electrons. The minimum atomic E-state index is -3.90. The van der Waals surface area contributed by atoms with Gasteiger partial charge in [-0.25, -0.2) is 0 Å². The first kappa shape index (κ1) is 17.5. The van der Waals surface area contributed by atoms with Crippen molar-refractivity contribution >= 4 is 26.0 Å². The highest BCUT2D eigenvalue weighted by Gasteiger charge is 2.29. The molecule has 1 fully saturated rings. The van der Waals surface area contributed by atoms with E-state index in [0.29, 0.717) is 18.2 Å². The molecule has 3 rings (SSSR count). The van der Waals surface area contributed by atoms with Crippen molar-refractivity contribution in [3.05, 3.63) is 40.5 Å². The van der Waals surface area contributed by atoms with E-state index in [4.69, 9.17) is 14.3 Å². The second-order valence-electron chi connectivity index (χ2n) is 5.98. The molecule has 24 heavy (non-hydrogen) atoms. The van der Waals surface area contributed by atoms with Crippen molar-refractivity contribution in [2.75, 3.05) is 0 Å². The Morgan fingerprint density at radius 3 is 2.62 bits per heavy atom. The first-order valence-electron chi connectivity index (χ1n) is 7.60. The average Bonchev–Trinajstić information content (AvgIpc) is 2.94. The molecule has 0 aliphatic heterocycles. The Kier molecular flexibility index (Phi) is 5.05. The van der Waals surface area contributed by atoms with Gasteiger partial charge in [-0.1, -0.05) is 15.9 Å². The predicted molar refractivity (Wildman–Crippen MR) is 89.5 cm³/mol. The van der Waals surface area contributed by atoms with Gasteiger partial charge in [-0.15, -0.1) is 10.2 Å². The van der Waals surface area contributed by atoms with Gasteiger partial charge >= 0.3 is 0 Å². The van der Waals surface area contributed by atoms with Gasteiger partial charge in [0.25, 0.3) is 10.1 Å². The van der Waals surface area contributed by atoms with E-state index in [1.807, 2.05) is 0 Å². The van der Waals surface area contributed by atoms with Gasteiger partial charge in [0.2, 0.25) is 11.8 Å². The lowest BCUT2D eigenvalue weighted by Gasteiger charge is -2.31. The Bertz CT molecular complexity index is 800. The molecule has 2 aromatic rings. The van der Waals surface area contributed by atoms with E-state index in [9.17, 15) is 8.42 Å². The summed E-state index contributed by atoms with van der Waals surface area (Å²) in [4.78, 5) is 0.0701. The summed E-state index contributed by atoms with van der Waals surface area (Å²) in [5.74, 6) is 1.09. The van der Waals surface area contributed by atoms with E-state index in [2.05, 4.69) is 26.1 Å². The van der Waals surface area contributed by atoms with Gasteiger partial charge < -0.3 is 10.2 Å². The highest BCUT2D eigenvalue weighted by atomic mass is 79.9. The molecule has 0 saturated heterocycles. The first-order valence-corrected chi connectivity index (χ1v) is 9.80. The zero-order valence-corrected chi connectivity index (χ0v) is 15.5. The fraction of sp³-hybridized carbons (Fsp3) is 0.467. The zero-order chi connectivity index (χ0) is 17.3. The number of halogens is 1. The maximum Gasteiger partial charge on any atom is 0.297 e. The van der Waals surface area contributed by atoms with E-state index < -0.39 is 16.2 Å². The molecular weight excluding hydrogens is 398 g/mol. The van der Waals surface area contributed by atoms with E-state index in [-0.39, 0.29) is 16.8 Å². The zero-order valence-electron chi connectivity index (χ0n) is 13.1. The molecule has 9 heteroatoms. The van der Waals surface area contributed by atoms with Gasteiger partial charge in [-0.05, 0) is 49.9 Å². The van der Waals surface area contributed by atoms with E-state index in [0.717, 1.165) is 17.3 Å². The molecule has 1 aromatic carbocycles. The highest BCUT2D eigenvalue weighted by molar-refractivity contribution is 9.10. The quantitative estimate of drug-likeness (QED) is 0.721. The molecule has 0 amide bonds. The van der Waals surface area contributed by atoms with Crippen LogP contribution in [0.3, 0.4) is 0 Å². The molecule has 1 aliphatic carbocycles. The lowest BCUT2D eigenvalue weighted by molar-refractivity contribution is 0.188. The summed E-state index contributed by atoms with van der Waals surface area (Å²) in [7, 11) is -3.90. The van der Waals surface area contributed by atoms with Crippen LogP contribution >= 0.6 is 15.9 Å². The Hall–Kier alpha value is -1.29. The van der Waals surface area contributed by atoms with Gasteiger partial charge in [0.1, 0.15) is 0 Å². The Morgan fingerprint density at radius 2 is 2.00 bits per heavy atom. The fourth-order valence-electron chi connectivity index (χ4n) is 2.60. The van der Waals surface area contributed by atoms with Crippen LogP contribution < -0.4 is 5.73 Å². The summed E-state index contributed by atoms with van der Waals surface area (Å²) in [6, 6.07) is 6.45. The maximum absolute atomic E-state index is 12.3. The number of hydrogen-bond donors (Lipinski definition) is 1. The number of nitrogens with zero attached hydrogens (tertiary/aromatic N) is 2. The van der Waals surface area contributed by atoms with E-state index in [1.165, 1.54) is 12.1 Å². The van der Waals surface area contributed by atoms with Crippen molar-refractivity contribution in [2.24, 2.45) is 11.7 Å². The maximum atomic E-state index is 12.3. The number of nitrogens with two attached hydrogens (primary N) is 1. The molecule has 0 unspecified atom stereocenters. The molecule has 1 aromatic heterocycles. The molecule has 1 saturated carbocycles. The molecule has 1 atom stereocenters. The molecule has 130 valence electrons. The van der Waals surface area contributed by atoms with Crippen molar-refractivity contribution in [3.8, 4) is 0 Å². The first-order chi connectivity index (χ1) is 11.3. The standard InChI is InChI=1S/C15H18BrN3O4S/c1-9(23-24(20,21)13-4-2-11(16)3-5-13)15-19-18-14(22-15)8-10-6-12(17)7-10/h2-5,9-10,12H,6-8,17H2,1H3/t9-,10?,12?/m1/s1. The van der Waals surface area contributed by atoms with Crippen LogP contribution in [0.5, 0.6) is 0 Å². The van der Waals surface area contributed by atoms with Crippen molar-refractivity contribution in [3.63, 3.8) is 0 Å². The van der Waals surface area contributed by atoms with Crippen LogP contribution in [-0.4, -0.2) is 24.7 Å². The summed E-state index contributed by atoms with van der Waals surface area (Å²) in [5.41, 5.74) is 5.75. The summed E-state index contributed by atoms with van der Waals surface area (Å²) in [5, 5.41) is 7.85. The molecule has 1 aliphatic rings. The Balaban J connectivity index is 1.65. The Labute approximate surface area is 148 Å². The van der Waals surface area contributed by atoms with E-state index >= 15 is 0 Å². The second-order valence-corrected chi connectivity index (χ2v) is 8.47.